The van der Waals surface area contributed by atoms with Crippen molar-refractivity contribution in [2.45, 2.75) is 64.1 Å². The number of aromatic amines is 1. The lowest BCUT2D eigenvalue weighted by Crippen LogP contribution is -2.62. The van der Waals surface area contributed by atoms with Crippen molar-refractivity contribution in [1.82, 2.24) is 14.8 Å². The summed E-state index contributed by atoms with van der Waals surface area (Å²) in [6.45, 7) is 7.98. The lowest BCUT2D eigenvalue weighted by molar-refractivity contribution is -0.0278. The monoisotopic (exact) mass is 415 g/mol. The minimum absolute atomic E-state index is 0.133. The molecule has 2 aromatic rings. The van der Waals surface area contributed by atoms with Crippen LogP contribution in [-0.4, -0.2) is 51.7 Å². The van der Waals surface area contributed by atoms with Crippen LogP contribution in [0.1, 0.15) is 52.0 Å². The van der Waals surface area contributed by atoms with Crippen molar-refractivity contribution in [1.29, 1.82) is 0 Å². The number of halogens is 1. The highest BCUT2D eigenvalue weighted by molar-refractivity contribution is 5.78. The van der Waals surface area contributed by atoms with Crippen molar-refractivity contribution in [3.63, 3.8) is 0 Å². The van der Waals surface area contributed by atoms with Crippen molar-refractivity contribution < 1.29 is 13.9 Å². The molecule has 2 fully saturated rings. The van der Waals surface area contributed by atoms with Crippen molar-refractivity contribution in [3.8, 4) is 0 Å². The van der Waals surface area contributed by atoms with Crippen molar-refractivity contribution >= 4 is 17.0 Å². The Balaban J connectivity index is 1.58. The van der Waals surface area contributed by atoms with Gasteiger partial charge < -0.3 is 14.6 Å². The third-order valence-corrected chi connectivity index (χ3v) is 6.26. The molecule has 1 spiro atoms. The molecule has 2 heterocycles. The molecule has 1 aromatic carbocycles. The zero-order chi connectivity index (χ0) is 21.5. The van der Waals surface area contributed by atoms with Crippen LogP contribution in [0.5, 0.6) is 0 Å². The van der Waals surface area contributed by atoms with Gasteiger partial charge in [-0.2, -0.15) is 0 Å². The molecule has 1 aliphatic heterocycles. The predicted molar refractivity (Wildman–Crippen MR) is 114 cm³/mol. The number of fused-ring (bicyclic) bond motifs is 1. The van der Waals surface area contributed by atoms with Gasteiger partial charge in [-0.15, -0.1) is 0 Å². The number of carbonyl (C=O) groups is 1. The fourth-order valence-corrected chi connectivity index (χ4v) is 4.81. The maximum atomic E-state index is 13.7. The van der Waals surface area contributed by atoms with E-state index in [1.807, 2.05) is 25.7 Å². The average Bonchev–Trinajstić information content (AvgIpc) is 3.13. The number of hydrogen-bond acceptors (Lipinski definition) is 4. The van der Waals surface area contributed by atoms with E-state index < -0.39 is 11.4 Å². The van der Waals surface area contributed by atoms with Gasteiger partial charge in [0, 0.05) is 54.4 Å². The van der Waals surface area contributed by atoms with Gasteiger partial charge in [-0.3, -0.25) is 9.69 Å². The molecule has 1 saturated carbocycles. The number of aromatic nitrogens is 1. The third kappa shape index (κ3) is 4.08. The molecule has 1 amide bonds. The Labute approximate surface area is 176 Å². The third-order valence-electron chi connectivity index (χ3n) is 6.26. The summed E-state index contributed by atoms with van der Waals surface area (Å²) in [4.78, 5) is 32.9. The van der Waals surface area contributed by atoms with Crippen LogP contribution in [-0.2, 0) is 11.3 Å². The number of nitrogens with one attached hydrogen (secondary N) is 1. The number of H-pyrrole nitrogens is 1. The molecule has 0 radical (unpaired) electrons. The van der Waals surface area contributed by atoms with Gasteiger partial charge in [0.2, 0.25) is 0 Å². The molecule has 1 saturated heterocycles. The first kappa shape index (κ1) is 20.8. The molecule has 7 heteroatoms. The molecular weight excluding hydrogens is 385 g/mol. The number of hydrogen-bond donors (Lipinski definition) is 1. The van der Waals surface area contributed by atoms with Gasteiger partial charge in [-0.1, -0.05) is 12.8 Å². The summed E-state index contributed by atoms with van der Waals surface area (Å²) >= 11 is 0. The van der Waals surface area contributed by atoms with Crippen LogP contribution >= 0.6 is 0 Å². The second-order valence-electron chi connectivity index (χ2n) is 9.59. The summed E-state index contributed by atoms with van der Waals surface area (Å²) < 4.78 is 19.3. The Bertz CT molecular complexity index is 1000. The average molecular weight is 416 g/mol. The van der Waals surface area contributed by atoms with Crippen LogP contribution < -0.4 is 5.43 Å². The van der Waals surface area contributed by atoms with E-state index >= 15 is 0 Å². The lowest BCUT2D eigenvalue weighted by atomic mass is 9.91. The summed E-state index contributed by atoms with van der Waals surface area (Å²) in [5, 5.41) is 0.375. The normalized spacial score (nSPS) is 19.5. The quantitative estimate of drug-likeness (QED) is 0.804. The molecule has 2 aliphatic rings. The summed E-state index contributed by atoms with van der Waals surface area (Å²) in [7, 11) is 0. The second-order valence-corrected chi connectivity index (χ2v) is 9.59. The van der Waals surface area contributed by atoms with E-state index in [1.165, 1.54) is 12.1 Å². The number of pyridine rings is 1. The largest absolute Gasteiger partial charge is 0.444 e. The van der Waals surface area contributed by atoms with Crippen LogP contribution in [0.25, 0.3) is 10.9 Å². The molecule has 0 atom stereocenters. The van der Waals surface area contributed by atoms with Crippen molar-refractivity contribution in [2.24, 2.45) is 0 Å². The molecule has 162 valence electrons. The van der Waals surface area contributed by atoms with Gasteiger partial charge in [-0.05, 0) is 51.8 Å². The van der Waals surface area contributed by atoms with Gasteiger partial charge in [0.05, 0.1) is 0 Å². The second kappa shape index (κ2) is 7.69. The molecule has 30 heavy (non-hydrogen) atoms. The molecule has 0 unspecified atom stereocenters. The maximum Gasteiger partial charge on any atom is 0.410 e. The first-order valence-corrected chi connectivity index (χ1v) is 10.7. The first-order valence-electron chi connectivity index (χ1n) is 10.7. The van der Waals surface area contributed by atoms with Gasteiger partial charge in [0.1, 0.15) is 11.4 Å². The fraction of sp³-hybridized carbons (Fsp3) is 0.565. The summed E-state index contributed by atoms with van der Waals surface area (Å²) in [6, 6.07) is 4.23. The number of rotatable bonds is 2. The number of amides is 1. The van der Waals surface area contributed by atoms with Gasteiger partial charge in [0.25, 0.3) is 0 Å². The van der Waals surface area contributed by atoms with Crippen molar-refractivity contribution in [3.05, 3.63) is 46.0 Å². The topological polar surface area (TPSA) is 65.6 Å². The van der Waals surface area contributed by atoms with E-state index in [2.05, 4.69) is 9.88 Å². The highest BCUT2D eigenvalue weighted by Gasteiger charge is 2.45. The number of nitrogens with zero attached hydrogens (tertiary/aromatic N) is 2. The van der Waals surface area contributed by atoms with Crippen molar-refractivity contribution in [2.75, 3.05) is 19.6 Å². The lowest BCUT2D eigenvalue weighted by Gasteiger charge is -2.49. The van der Waals surface area contributed by atoms with Crippen LogP contribution in [0.2, 0.25) is 0 Å². The molecule has 1 N–H and O–H groups in total. The summed E-state index contributed by atoms with van der Waals surface area (Å²) in [5.74, 6) is -0.414. The zero-order valence-electron chi connectivity index (χ0n) is 18.0. The Morgan fingerprint density at radius 2 is 1.97 bits per heavy atom. The van der Waals surface area contributed by atoms with Gasteiger partial charge in [-0.25, -0.2) is 9.18 Å². The van der Waals surface area contributed by atoms with Crippen LogP contribution in [0.4, 0.5) is 9.18 Å². The first-order chi connectivity index (χ1) is 14.2. The Morgan fingerprint density at radius 1 is 1.23 bits per heavy atom. The molecule has 6 nitrogen and oxygen atoms in total. The smallest absolute Gasteiger partial charge is 0.410 e. The van der Waals surface area contributed by atoms with E-state index in [9.17, 15) is 14.0 Å². The number of piperazine rings is 1. The predicted octanol–water partition coefficient (Wildman–Crippen LogP) is 4.03. The number of carbonyl (C=O) groups excluding carboxylic acids is 1. The Kier molecular flexibility index (Phi) is 5.34. The van der Waals surface area contributed by atoms with E-state index in [4.69, 9.17) is 4.74 Å². The summed E-state index contributed by atoms with van der Waals surface area (Å²) in [5.41, 5.74) is 0.468. The van der Waals surface area contributed by atoms with E-state index in [0.29, 0.717) is 42.6 Å². The molecule has 1 aliphatic carbocycles. The zero-order valence-corrected chi connectivity index (χ0v) is 18.0. The number of ether oxygens (including phenoxy) is 1. The van der Waals surface area contributed by atoms with Gasteiger partial charge >= 0.3 is 6.09 Å². The molecule has 1 aromatic heterocycles. The van der Waals surface area contributed by atoms with E-state index in [0.717, 1.165) is 25.7 Å². The standard InChI is InChI=1S/C23H30FN3O3/c1-22(2,3)30-21(29)26-10-11-27(23(15-26)8-4-5-9-23)14-16-13-25-19-7-6-17(24)12-18(19)20(16)28/h6-7,12-13H,4-5,8-11,14-15H2,1-3H3,(H,25,28). The van der Waals surface area contributed by atoms with Crippen LogP contribution in [0.15, 0.2) is 29.2 Å². The highest BCUT2D eigenvalue weighted by Crippen LogP contribution is 2.39. The van der Waals surface area contributed by atoms with E-state index in [-0.39, 0.29) is 17.1 Å². The maximum absolute atomic E-state index is 13.7. The van der Waals surface area contributed by atoms with Crippen LogP contribution in [0, 0.1) is 5.82 Å². The fourth-order valence-electron chi connectivity index (χ4n) is 4.81. The summed E-state index contributed by atoms with van der Waals surface area (Å²) in [6.07, 6.45) is 5.67. The number of benzene rings is 1. The highest BCUT2D eigenvalue weighted by atomic mass is 19.1. The molecular formula is C23H30FN3O3. The molecule has 4 rings (SSSR count). The van der Waals surface area contributed by atoms with E-state index in [1.54, 1.807) is 12.3 Å². The Hall–Kier alpha value is -2.41. The minimum atomic E-state index is -0.523. The SMILES string of the molecule is CC(C)(C)OC(=O)N1CCN(Cc2c[nH]c3ccc(F)cc3c2=O)C2(CCCC2)C1. The van der Waals surface area contributed by atoms with Gasteiger partial charge in [0.15, 0.2) is 5.43 Å². The van der Waals surface area contributed by atoms with Crippen LogP contribution in [0.3, 0.4) is 0 Å². The molecule has 0 bridgehead atoms. The Morgan fingerprint density at radius 3 is 2.67 bits per heavy atom. The minimum Gasteiger partial charge on any atom is -0.444 e.